The van der Waals surface area contributed by atoms with E-state index in [9.17, 15) is 44.7 Å². The highest BCUT2D eigenvalue weighted by atomic mass is 19.4. The third-order valence-corrected chi connectivity index (χ3v) is 8.19. The van der Waals surface area contributed by atoms with E-state index in [1.54, 1.807) is 0 Å². The minimum atomic E-state index is -4.66. The molecule has 0 radical (unpaired) electrons. The number of methoxy groups -OCH3 is 1. The molecule has 2 aliphatic carbocycles. The molecular weight excluding hydrogens is 584 g/mol. The first-order valence-electron chi connectivity index (χ1n) is 13.4. The first-order chi connectivity index (χ1) is 19.6. The Morgan fingerprint density at radius 1 is 1.19 bits per heavy atom. The summed E-state index contributed by atoms with van der Waals surface area (Å²) in [5.41, 5.74) is 0.741. The molecule has 2 saturated carbocycles. The number of benzene rings is 1. The lowest BCUT2D eigenvalue weighted by Gasteiger charge is -2.32. The molecule has 0 bridgehead atoms. The number of oxazole rings is 1. The van der Waals surface area contributed by atoms with Gasteiger partial charge in [0.05, 0.1) is 31.0 Å². The van der Waals surface area contributed by atoms with Gasteiger partial charge in [0.25, 0.3) is 0 Å². The lowest BCUT2D eigenvalue weighted by Crippen LogP contribution is -2.40. The number of nitrogens with zero attached hydrogens (tertiary/aromatic N) is 2. The SMILES string of the molecule is COCC(c1ccc2oc(C(NC(=O)C3CC3C(F)(F)F)C3CCC(F)(F)CC3)nc2c1)N1CC(C(F)(F)F)NC1=O. The molecule has 0 spiro atoms. The maximum atomic E-state index is 13.9. The molecule has 5 rings (SSSR count). The van der Waals surface area contributed by atoms with Crippen molar-refractivity contribution in [3.05, 3.63) is 29.7 Å². The smallest absolute Gasteiger partial charge is 0.410 e. The number of aromatic nitrogens is 1. The molecule has 5 atom stereocenters. The van der Waals surface area contributed by atoms with Gasteiger partial charge in [0.1, 0.15) is 17.6 Å². The molecule has 3 aliphatic rings. The molecule has 8 nitrogen and oxygen atoms in total. The summed E-state index contributed by atoms with van der Waals surface area (Å²) >= 11 is 0. The number of urea groups is 1. The van der Waals surface area contributed by atoms with Crippen LogP contribution in [0.15, 0.2) is 22.6 Å². The lowest BCUT2D eigenvalue weighted by molar-refractivity contribution is -0.155. The number of ether oxygens (including phenoxy) is 1. The molecule has 2 N–H and O–H groups in total. The maximum Gasteiger partial charge on any atom is 0.410 e. The van der Waals surface area contributed by atoms with Gasteiger partial charge in [0.15, 0.2) is 5.58 Å². The van der Waals surface area contributed by atoms with Crippen molar-refractivity contribution < 1.29 is 53.9 Å². The minimum Gasteiger partial charge on any atom is -0.438 e. The van der Waals surface area contributed by atoms with Crippen LogP contribution >= 0.6 is 0 Å². The van der Waals surface area contributed by atoms with Crippen molar-refractivity contribution in [1.82, 2.24) is 20.5 Å². The number of halogens is 8. The quantitative estimate of drug-likeness (QED) is 0.376. The second-order valence-electron chi connectivity index (χ2n) is 11.1. The van der Waals surface area contributed by atoms with E-state index < -0.39 is 85.5 Å². The van der Waals surface area contributed by atoms with Crippen molar-refractivity contribution >= 4 is 23.0 Å². The first kappa shape index (κ1) is 30.3. The number of carbonyl (C=O) groups is 2. The average molecular weight is 613 g/mol. The van der Waals surface area contributed by atoms with Gasteiger partial charge in [-0.05, 0) is 42.9 Å². The Hall–Kier alpha value is -3.17. The minimum absolute atomic E-state index is 0.0321. The molecule has 42 heavy (non-hydrogen) atoms. The van der Waals surface area contributed by atoms with E-state index in [4.69, 9.17) is 9.15 Å². The Morgan fingerprint density at radius 3 is 2.45 bits per heavy atom. The van der Waals surface area contributed by atoms with Crippen molar-refractivity contribution in [2.75, 3.05) is 20.3 Å². The number of amides is 3. The zero-order valence-corrected chi connectivity index (χ0v) is 22.2. The molecule has 1 aliphatic heterocycles. The highest BCUT2D eigenvalue weighted by Gasteiger charge is 2.59. The highest BCUT2D eigenvalue weighted by molar-refractivity contribution is 5.82. The Labute approximate surface area is 234 Å². The zero-order chi connectivity index (χ0) is 30.6. The van der Waals surface area contributed by atoms with Crippen LogP contribution in [0, 0.1) is 17.8 Å². The topological polar surface area (TPSA) is 96.7 Å². The Kier molecular flexibility index (Phi) is 7.81. The highest BCUT2D eigenvalue weighted by Crippen LogP contribution is 2.51. The van der Waals surface area contributed by atoms with Crippen molar-refractivity contribution in [2.45, 2.75) is 68.5 Å². The van der Waals surface area contributed by atoms with Gasteiger partial charge in [0, 0.05) is 20.0 Å². The Balaban J connectivity index is 1.41. The van der Waals surface area contributed by atoms with E-state index in [0.29, 0.717) is 5.56 Å². The summed E-state index contributed by atoms with van der Waals surface area (Å²) in [5, 5.41) is 4.46. The van der Waals surface area contributed by atoms with E-state index in [1.807, 2.05) is 5.32 Å². The molecule has 1 saturated heterocycles. The molecule has 1 aromatic carbocycles. The summed E-state index contributed by atoms with van der Waals surface area (Å²) in [6, 6.07) is -0.593. The molecule has 3 fully saturated rings. The van der Waals surface area contributed by atoms with Crippen LogP contribution < -0.4 is 10.6 Å². The molecular formula is C26H28F8N4O4. The predicted octanol–water partition coefficient (Wildman–Crippen LogP) is 5.65. The van der Waals surface area contributed by atoms with Gasteiger partial charge >= 0.3 is 18.4 Å². The number of hydrogen-bond acceptors (Lipinski definition) is 5. The van der Waals surface area contributed by atoms with Crippen LogP contribution in [0.2, 0.25) is 0 Å². The second-order valence-corrected chi connectivity index (χ2v) is 11.1. The van der Waals surface area contributed by atoms with Gasteiger partial charge in [-0.3, -0.25) is 4.79 Å². The monoisotopic (exact) mass is 612 g/mol. The summed E-state index contributed by atoms with van der Waals surface area (Å²) in [7, 11) is 1.32. The molecule has 3 amide bonds. The fourth-order valence-electron chi connectivity index (χ4n) is 5.72. The number of hydrogen-bond donors (Lipinski definition) is 2. The largest absolute Gasteiger partial charge is 0.438 e. The van der Waals surface area contributed by atoms with Crippen LogP contribution in [0.1, 0.15) is 55.6 Å². The third kappa shape index (κ3) is 6.27. The van der Waals surface area contributed by atoms with Crippen LogP contribution in [-0.2, 0) is 9.53 Å². The first-order valence-corrected chi connectivity index (χ1v) is 13.4. The third-order valence-electron chi connectivity index (χ3n) is 8.19. The van der Waals surface area contributed by atoms with E-state index in [1.165, 1.54) is 25.3 Å². The Morgan fingerprint density at radius 2 is 1.88 bits per heavy atom. The van der Waals surface area contributed by atoms with Crippen molar-refractivity contribution in [3.63, 3.8) is 0 Å². The average Bonchev–Trinajstić information content (AvgIpc) is 3.47. The number of carbonyl (C=O) groups excluding carboxylic acids is 2. The standard InChI is InChI=1S/C26H28F8N4O4/c1-41-11-17(38-10-19(26(32,33)34)36-23(38)40)13-2-3-18-16(8-13)35-22(42-18)20(12-4-6-24(27,28)7-5-12)37-21(39)14-9-15(14)25(29,30)31/h2-3,8,12,14-15,17,19-20H,4-7,9-11H2,1H3,(H,36,40)(H,37,39). The van der Waals surface area contributed by atoms with Crippen molar-refractivity contribution in [1.29, 1.82) is 0 Å². The fraction of sp³-hybridized carbons (Fsp3) is 0.654. The number of fused-ring (bicyclic) bond motifs is 1. The van der Waals surface area contributed by atoms with Crippen LogP contribution in [0.3, 0.4) is 0 Å². The number of alkyl halides is 8. The molecule has 5 unspecified atom stereocenters. The molecule has 2 aromatic rings. The van der Waals surface area contributed by atoms with Gasteiger partial charge in [-0.25, -0.2) is 18.6 Å². The van der Waals surface area contributed by atoms with E-state index >= 15 is 0 Å². The van der Waals surface area contributed by atoms with Gasteiger partial charge in [0.2, 0.25) is 17.7 Å². The van der Waals surface area contributed by atoms with Crippen LogP contribution in [-0.4, -0.2) is 66.4 Å². The zero-order valence-electron chi connectivity index (χ0n) is 22.2. The normalized spacial score (nSPS) is 26.3. The predicted molar refractivity (Wildman–Crippen MR) is 129 cm³/mol. The summed E-state index contributed by atoms with van der Waals surface area (Å²) in [4.78, 5) is 30.5. The van der Waals surface area contributed by atoms with Gasteiger partial charge in [-0.1, -0.05) is 6.07 Å². The summed E-state index contributed by atoms with van der Waals surface area (Å²) in [5.74, 6) is -7.52. The lowest BCUT2D eigenvalue weighted by atomic mass is 9.82. The Bertz CT molecular complexity index is 1320. The van der Waals surface area contributed by atoms with E-state index in [-0.39, 0.29) is 42.9 Å². The fourth-order valence-corrected chi connectivity index (χ4v) is 5.72. The number of rotatable bonds is 8. The molecule has 16 heteroatoms. The van der Waals surface area contributed by atoms with Crippen LogP contribution in [0.4, 0.5) is 39.9 Å². The number of nitrogens with one attached hydrogen (secondary N) is 2. The van der Waals surface area contributed by atoms with Crippen molar-refractivity contribution in [2.24, 2.45) is 17.8 Å². The molecule has 1 aromatic heterocycles. The van der Waals surface area contributed by atoms with Crippen LogP contribution in [0.25, 0.3) is 11.1 Å². The summed E-state index contributed by atoms with van der Waals surface area (Å²) in [6.45, 7) is -0.802. The second kappa shape index (κ2) is 10.8. The van der Waals surface area contributed by atoms with Gasteiger partial charge in [-0.2, -0.15) is 26.3 Å². The van der Waals surface area contributed by atoms with Crippen LogP contribution in [0.5, 0.6) is 0 Å². The van der Waals surface area contributed by atoms with Gasteiger partial charge in [-0.15, -0.1) is 0 Å². The van der Waals surface area contributed by atoms with E-state index in [0.717, 1.165) is 4.90 Å². The summed E-state index contributed by atoms with van der Waals surface area (Å²) < 4.78 is 118. The molecule has 232 valence electrons. The summed E-state index contributed by atoms with van der Waals surface area (Å²) in [6.07, 6.45) is -10.6. The van der Waals surface area contributed by atoms with Crippen molar-refractivity contribution in [3.8, 4) is 0 Å². The van der Waals surface area contributed by atoms with E-state index in [2.05, 4.69) is 10.3 Å². The maximum absolute atomic E-state index is 13.9. The van der Waals surface area contributed by atoms with Gasteiger partial charge < -0.3 is 24.7 Å². The molecule has 2 heterocycles.